The van der Waals surface area contributed by atoms with Crippen molar-refractivity contribution in [1.29, 1.82) is 0 Å². The molecule has 4 heterocycles. The van der Waals surface area contributed by atoms with E-state index in [4.69, 9.17) is 0 Å². The maximum absolute atomic E-state index is 13.2. The van der Waals surface area contributed by atoms with E-state index in [0.29, 0.717) is 37.6 Å². The summed E-state index contributed by atoms with van der Waals surface area (Å²) in [6, 6.07) is 17.7. The largest absolute Gasteiger partial charge is 0.353 e. The van der Waals surface area contributed by atoms with E-state index in [0.717, 1.165) is 22.8 Å². The molecular formula is C24H23N7O. The van der Waals surface area contributed by atoms with Gasteiger partial charge in [-0.2, -0.15) is 5.10 Å². The van der Waals surface area contributed by atoms with Gasteiger partial charge in [-0.25, -0.2) is 19.6 Å². The molecule has 0 bridgehead atoms. The van der Waals surface area contributed by atoms with Crippen LogP contribution in [0.4, 0.5) is 5.82 Å². The molecule has 1 amide bonds. The molecule has 0 atom stereocenters. The van der Waals surface area contributed by atoms with Crippen molar-refractivity contribution in [2.45, 2.75) is 6.92 Å². The standard InChI is InChI=1S/C24H23N7O/c1-18-20(16-28-31(18)22-9-5-6-10-25-22)24(32)30-13-11-29(12-14-30)23-15-21(26-17-27-23)19-7-3-2-4-8-19/h2-10,15-17H,11-14H2,1H3. The number of carbonyl (C=O) groups is 1. The molecule has 8 nitrogen and oxygen atoms in total. The molecule has 4 aromatic rings. The van der Waals surface area contributed by atoms with Gasteiger partial charge in [0.2, 0.25) is 0 Å². The smallest absolute Gasteiger partial charge is 0.257 e. The van der Waals surface area contributed by atoms with Crippen LogP contribution in [0.3, 0.4) is 0 Å². The van der Waals surface area contributed by atoms with Gasteiger partial charge in [0.05, 0.1) is 23.1 Å². The Morgan fingerprint density at radius 1 is 0.875 bits per heavy atom. The number of amides is 1. The van der Waals surface area contributed by atoms with Crippen molar-refractivity contribution in [2.24, 2.45) is 0 Å². The molecule has 1 aliphatic rings. The molecular weight excluding hydrogens is 402 g/mol. The molecule has 1 saturated heterocycles. The van der Waals surface area contributed by atoms with E-state index in [9.17, 15) is 4.79 Å². The van der Waals surface area contributed by atoms with Crippen LogP contribution in [0.1, 0.15) is 16.1 Å². The number of aromatic nitrogens is 5. The molecule has 0 radical (unpaired) electrons. The number of benzene rings is 1. The molecule has 160 valence electrons. The van der Waals surface area contributed by atoms with Gasteiger partial charge in [0.15, 0.2) is 5.82 Å². The van der Waals surface area contributed by atoms with Crippen LogP contribution in [-0.2, 0) is 0 Å². The minimum absolute atomic E-state index is 0.00278. The monoisotopic (exact) mass is 425 g/mol. The second-order valence-corrected chi connectivity index (χ2v) is 7.65. The van der Waals surface area contributed by atoms with Crippen LogP contribution in [0.25, 0.3) is 17.1 Å². The average molecular weight is 425 g/mol. The number of piperazine rings is 1. The lowest BCUT2D eigenvalue weighted by atomic mass is 10.1. The third-order valence-electron chi connectivity index (χ3n) is 5.72. The number of nitrogens with zero attached hydrogens (tertiary/aromatic N) is 7. The minimum atomic E-state index is -0.00278. The lowest BCUT2D eigenvalue weighted by Crippen LogP contribution is -2.49. The highest BCUT2D eigenvalue weighted by molar-refractivity contribution is 5.95. The molecule has 0 N–H and O–H groups in total. The van der Waals surface area contributed by atoms with Crippen LogP contribution < -0.4 is 4.90 Å². The first-order chi connectivity index (χ1) is 15.7. The fourth-order valence-corrected chi connectivity index (χ4v) is 3.93. The number of anilines is 1. The predicted molar refractivity (Wildman–Crippen MR) is 122 cm³/mol. The van der Waals surface area contributed by atoms with Gasteiger partial charge in [0.1, 0.15) is 12.1 Å². The van der Waals surface area contributed by atoms with Gasteiger partial charge in [-0.1, -0.05) is 36.4 Å². The van der Waals surface area contributed by atoms with E-state index in [1.165, 1.54) is 0 Å². The molecule has 0 spiro atoms. The molecule has 5 rings (SSSR count). The fraction of sp³-hybridized carbons (Fsp3) is 0.208. The second-order valence-electron chi connectivity index (χ2n) is 7.65. The summed E-state index contributed by atoms with van der Waals surface area (Å²) < 4.78 is 1.70. The topological polar surface area (TPSA) is 80.0 Å². The zero-order valence-corrected chi connectivity index (χ0v) is 17.8. The van der Waals surface area contributed by atoms with Crippen molar-refractivity contribution in [2.75, 3.05) is 31.1 Å². The Labute approximate surface area is 186 Å². The fourth-order valence-electron chi connectivity index (χ4n) is 3.93. The third-order valence-corrected chi connectivity index (χ3v) is 5.72. The summed E-state index contributed by atoms with van der Waals surface area (Å²) in [5.74, 6) is 1.58. The van der Waals surface area contributed by atoms with Crippen LogP contribution in [0.2, 0.25) is 0 Å². The second kappa shape index (κ2) is 8.58. The molecule has 32 heavy (non-hydrogen) atoms. The zero-order chi connectivity index (χ0) is 21.9. The lowest BCUT2D eigenvalue weighted by molar-refractivity contribution is 0.0745. The average Bonchev–Trinajstić information content (AvgIpc) is 3.26. The SMILES string of the molecule is Cc1c(C(=O)N2CCN(c3cc(-c4ccccc4)ncn3)CC2)cnn1-c1ccccn1. The lowest BCUT2D eigenvalue weighted by Gasteiger charge is -2.35. The van der Waals surface area contributed by atoms with E-state index in [1.807, 2.05) is 66.4 Å². The highest BCUT2D eigenvalue weighted by atomic mass is 16.2. The van der Waals surface area contributed by atoms with Crippen molar-refractivity contribution in [3.8, 4) is 17.1 Å². The molecule has 1 aromatic carbocycles. The van der Waals surface area contributed by atoms with Crippen molar-refractivity contribution in [3.63, 3.8) is 0 Å². The molecule has 0 unspecified atom stereocenters. The van der Waals surface area contributed by atoms with Gasteiger partial charge >= 0.3 is 0 Å². The van der Waals surface area contributed by atoms with Crippen LogP contribution in [0.5, 0.6) is 0 Å². The quantitative estimate of drug-likeness (QED) is 0.500. The first kappa shape index (κ1) is 19.9. The summed E-state index contributed by atoms with van der Waals surface area (Å²) in [7, 11) is 0. The predicted octanol–water partition coefficient (Wildman–Crippen LogP) is 3.00. The van der Waals surface area contributed by atoms with Crippen LogP contribution in [0.15, 0.2) is 73.3 Å². The highest BCUT2D eigenvalue weighted by Crippen LogP contribution is 2.22. The van der Waals surface area contributed by atoms with Gasteiger partial charge in [-0.05, 0) is 19.1 Å². The van der Waals surface area contributed by atoms with E-state index in [2.05, 4.69) is 25.0 Å². The van der Waals surface area contributed by atoms with Gasteiger partial charge in [0, 0.05) is 44.0 Å². The van der Waals surface area contributed by atoms with Crippen LogP contribution in [0, 0.1) is 6.92 Å². The Bertz CT molecular complexity index is 1220. The summed E-state index contributed by atoms with van der Waals surface area (Å²) in [6.07, 6.45) is 4.95. The maximum atomic E-state index is 13.2. The van der Waals surface area contributed by atoms with Crippen molar-refractivity contribution in [3.05, 3.63) is 84.6 Å². The number of pyridine rings is 1. The summed E-state index contributed by atoms with van der Waals surface area (Å²) in [6.45, 7) is 4.57. The van der Waals surface area contributed by atoms with Gasteiger partial charge in [-0.3, -0.25) is 4.79 Å². The van der Waals surface area contributed by atoms with Gasteiger partial charge < -0.3 is 9.80 Å². The van der Waals surface area contributed by atoms with Gasteiger partial charge in [0.25, 0.3) is 5.91 Å². The van der Waals surface area contributed by atoms with E-state index in [-0.39, 0.29) is 5.91 Å². The first-order valence-electron chi connectivity index (χ1n) is 10.6. The van der Waals surface area contributed by atoms with Crippen LogP contribution >= 0.6 is 0 Å². The third kappa shape index (κ3) is 3.82. The van der Waals surface area contributed by atoms with Gasteiger partial charge in [-0.15, -0.1) is 0 Å². The molecule has 0 saturated carbocycles. The van der Waals surface area contributed by atoms with Crippen molar-refractivity contribution in [1.82, 2.24) is 29.6 Å². The summed E-state index contributed by atoms with van der Waals surface area (Å²) in [5.41, 5.74) is 3.36. The van der Waals surface area contributed by atoms with E-state index < -0.39 is 0 Å². The summed E-state index contributed by atoms with van der Waals surface area (Å²) >= 11 is 0. The number of carbonyl (C=O) groups excluding carboxylic acids is 1. The molecule has 1 fully saturated rings. The van der Waals surface area contributed by atoms with Crippen LogP contribution in [-0.4, -0.2) is 61.7 Å². The van der Waals surface area contributed by atoms with E-state index >= 15 is 0 Å². The number of hydrogen-bond acceptors (Lipinski definition) is 6. The summed E-state index contributed by atoms with van der Waals surface area (Å²) in [4.78, 5) is 30.4. The van der Waals surface area contributed by atoms with Crippen molar-refractivity contribution >= 4 is 11.7 Å². The Balaban J connectivity index is 1.28. The first-order valence-corrected chi connectivity index (χ1v) is 10.6. The normalized spacial score (nSPS) is 13.9. The molecule has 0 aliphatic carbocycles. The Morgan fingerprint density at radius 3 is 2.41 bits per heavy atom. The Hall–Kier alpha value is -4.07. The van der Waals surface area contributed by atoms with E-state index in [1.54, 1.807) is 23.4 Å². The minimum Gasteiger partial charge on any atom is -0.353 e. The molecule has 8 heteroatoms. The molecule has 1 aliphatic heterocycles. The van der Waals surface area contributed by atoms with Crippen molar-refractivity contribution < 1.29 is 4.79 Å². The number of hydrogen-bond donors (Lipinski definition) is 0. The Morgan fingerprint density at radius 2 is 1.66 bits per heavy atom. The molecule has 3 aromatic heterocycles. The highest BCUT2D eigenvalue weighted by Gasteiger charge is 2.26. The Kier molecular flexibility index (Phi) is 5.33. The maximum Gasteiger partial charge on any atom is 0.257 e. The summed E-state index contributed by atoms with van der Waals surface area (Å²) in [5, 5.41) is 4.38. The zero-order valence-electron chi connectivity index (χ0n) is 17.8. The number of rotatable bonds is 4.